The average Bonchev–Trinajstić information content (AvgIpc) is 2.48. The lowest BCUT2D eigenvalue weighted by atomic mass is 10.2. The number of rotatable bonds is 4. The Morgan fingerprint density at radius 1 is 1.33 bits per heavy atom. The van der Waals surface area contributed by atoms with Gasteiger partial charge in [-0.2, -0.15) is 0 Å². The molecule has 5 nitrogen and oxygen atoms in total. The second-order valence-electron chi connectivity index (χ2n) is 4.42. The van der Waals surface area contributed by atoms with Crippen LogP contribution in [0.15, 0.2) is 34.9 Å². The second kappa shape index (κ2) is 6.58. The van der Waals surface area contributed by atoms with E-state index in [-0.39, 0.29) is 5.91 Å². The largest absolute Gasteiger partial charge is 0.495 e. The molecule has 0 spiro atoms. The van der Waals surface area contributed by atoms with Gasteiger partial charge in [0, 0.05) is 30.7 Å². The van der Waals surface area contributed by atoms with Gasteiger partial charge in [-0.15, -0.1) is 0 Å². The van der Waals surface area contributed by atoms with E-state index in [4.69, 9.17) is 4.74 Å². The summed E-state index contributed by atoms with van der Waals surface area (Å²) in [5.41, 5.74) is 2.73. The Kier molecular flexibility index (Phi) is 4.80. The summed E-state index contributed by atoms with van der Waals surface area (Å²) < 4.78 is 6.04. The van der Waals surface area contributed by atoms with Crippen LogP contribution in [0.5, 0.6) is 5.75 Å². The maximum Gasteiger partial charge on any atom is 0.259 e. The Balaban J connectivity index is 2.26. The van der Waals surface area contributed by atoms with Crippen molar-refractivity contribution in [3.05, 3.63) is 46.2 Å². The van der Waals surface area contributed by atoms with Gasteiger partial charge in [0.1, 0.15) is 5.75 Å². The third-order valence-corrected chi connectivity index (χ3v) is 3.62. The number of hydrogen-bond donors (Lipinski definition) is 2. The number of anilines is 2. The predicted octanol–water partition coefficient (Wildman–Crippen LogP) is 3.46. The summed E-state index contributed by atoms with van der Waals surface area (Å²) in [6.07, 6.45) is 1.56. The van der Waals surface area contributed by atoms with Gasteiger partial charge in [0.2, 0.25) is 0 Å². The molecule has 0 aliphatic heterocycles. The van der Waals surface area contributed by atoms with Crippen LogP contribution in [0.3, 0.4) is 0 Å². The fraction of sp³-hybridized carbons (Fsp3) is 0.200. The molecule has 2 rings (SSSR count). The number of halogens is 1. The Morgan fingerprint density at radius 2 is 2.10 bits per heavy atom. The lowest BCUT2D eigenvalue weighted by molar-refractivity contribution is 0.102. The van der Waals surface area contributed by atoms with Gasteiger partial charge in [-0.1, -0.05) is 0 Å². The summed E-state index contributed by atoms with van der Waals surface area (Å²) in [5, 5.41) is 5.84. The average molecular weight is 350 g/mol. The Hall–Kier alpha value is -2.08. The van der Waals surface area contributed by atoms with Crippen LogP contribution in [0.25, 0.3) is 0 Å². The summed E-state index contributed by atoms with van der Waals surface area (Å²) >= 11 is 3.37. The maximum atomic E-state index is 12.3. The fourth-order valence-electron chi connectivity index (χ4n) is 1.88. The molecule has 0 fully saturated rings. The highest BCUT2D eigenvalue weighted by molar-refractivity contribution is 9.10. The van der Waals surface area contributed by atoms with E-state index in [0.29, 0.717) is 17.0 Å². The third kappa shape index (κ3) is 3.52. The summed E-state index contributed by atoms with van der Waals surface area (Å²) in [6.45, 7) is 1.88. The van der Waals surface area contributed by atoms with Crippen LogP contribution in [0, 0.1) is 6.92 Å². The number of nitrogens with zero attached hydrogens (tertiary/aromatic N) is 1. The van der Waals surface area contributed by atoms with E-state index in [0.717, 1.165) is 15.9 Å². The van der Waals surface area contributed by atoms with Crippen molar-refractivity contribution >= 4 is 33.2 Å². The second-order valence-corrected chi connectivity index (χ2v) is 5.28. The summed E-state index contributed by atoms with van der Waals surface area (Å²) in [7, 11) is 3.35. The molecule has 0 unspecified atom stereocenters. The quantitative estimate of drug-likeness (QED) is 0.887. The Bertz CT molecular complexity index is 674. The first-order chi connectivity index (χ1) is 10.0. The van der Waals surface area contributed by atoms with Crippen LogP contribution in [0.4, 0.5) is 11.4 Å². The monoisotopic (exact) mass is 349 g/mol. The summed E-state index contributed by atoms with van der Waals surface area (Å²) in [5.74, 6) is 0.430. The molecular weight excluding hydrogens is 334 g/mol. The van der Waals surface area contributed by atoms with Crippen LogP contribution in [-0.4, -0.2) is 25.0 Å². The molecular formula is C15H16BrN3O2. The van der Waals surface area contributed by atoms with Crippen molar-refractivity contribution in [1.29, 1.82) is 0 Å². The lowest BCUT2D eigenvalue weighted by Crippen LogP contribution is -2.14. The van der Waals surface area contributed by atoms with E-state index in [1.165, 1.54) is 0 Å². The first-order valence-electron chi connectivity index (χ1n) is 6.34. The van der Waals surface area contributed by atoms with Gasteiger partial charge < -0.3 is 15.4 Å². The number of nitrogens with one attached hydrogen (secondary N) is 2. The molecule has 1 aromatic heterocycles. The highest BCUT2D eigenvalue weighted by atomic mass is 79.9. The number of carbonyl (C=O) groups is 1. The van der Waals surface area contributed by atoms with Crippen LogP contribution in [-0.2, 0) is 0 Å². The zero-order valence-electron chi connectivity index (χ0n) is 12.0. The van der Waals surface area contributed by atoms with Gasteiger partial charge in [-0.3, -0.25) is 9.78 Å². The predicted molar refractivity (Wildman–Crippen MR) is 87.2 cm³/mol. The van der Waals surface area contributed by atoms with Crippen molar-refractivity contribution in [2.75, 3.05) is 24.8 Å². The molecule has 0 saturated heterocycles. The van der Waals surface area contributed by atoms with Crippen LogP contribution in [0.2, 0.25) is 0 Å². The number of ether oxygens (including phenoxy) is 1. The Labute approximate surface area is 131 Å². The fourth-order valence-corrected chi connectivity index (χ4v) is 2.29. The molecule has 2 N–H and O–H groups in total. The minimum Gasteiger partial charge on any atom is -0.495 e. The van der Waals surface area contributed by atoms with Crippen molar-refractivity contribution in [2.24, 2.45) is 0 Å². The van der Waals surface area contributed by atoms with Gasteiger partial charge >= 0.3 is 0 Å². The van der Waals surface area contributed by atoms with Crippen molar-refractivity contribution in [1.82, 2.24) is 4.98 Å². The smallest absolute Gasteiger partial charge is 0.259 e. The SMILES string of the molecule is CNc1cc(C)ncc1C(=O)Nc1ccc(Br)c(OC)c1. The normalized spacial score (nSPS) is 10.1. The molecule has 0 saturated carbocycles. The van der Waals surface area contributed by atoms with E-state index in [2.05, 4.69) is 31.5 Å². The summed E-state index contributed by atoms with van der Waals surface area (Å²) in [4.78, 5) is 16.5. The number of aromatic nitrogens is 1. The first-order valence-corrected chi connectivity index (χ1v) is 7.13. The number of methoxy groups -OCH3 is 1. The number of amides is 1. The number of hydrogen-bond acceptors (Lipinski definition) is 4. The third-order valence-electron chi connectivity index (χ3n) is 2.96. The highest BCUT2D eigenvalue weighted by Crippen LogP contribution is 2.28. The lowest BCUT2D eigenvalue weighted by Gasteiger charge is -2.11. The van der Waals surface area contributed by atoms with E-state index >= 15 is 0 Å². The van der Waals surface area contributed by atoms with Gasteiger partial charge in [0.05, 0.1) is 22.8 Å². The zero-order chi connectivity index (χ0) is 15.4. The minimum absolute atomic E-state index is 0.226. The molecule has 0 atom stereocenters. The first kappa shape index (κ1) is 15.3. The van der Waals surface area contributed by atoms with Gasteiger partial charge in [-0.25, -0.2) is 0 Å². The van der Waals surface area contributed by atoms with Gasteiger partial charge in [0.25, 0.3) is 5.91 Å². The van der Waals surface area contributed by atoms with Crippen molar-refractivity contribution in [3.8, 4) is 5.75 Å². The molecule has 110 valence electrons. The standard InChI is InChI=1S/C15H16BrN3O2/c1-9-6-13(17-2)11(8-18-9)15(20)19-10-4-5-12(16)14(7-10)21-3/h4-8H,1-3H3,(H,17,18)(H,19,20). The molecule has 1 aromatic carbocycles. The van der Waals surface area contributed by atoms with E-state index in [1.807, 2.05) is 19.1 Å². The number of aryl methyl sites for hydroxylation is 1. The van der Waals surface area contributed by atoms with E-state index < -0.39 is 0 Å². The van der Waals surface area contributed by atoms with Gasteiger partial charge in [0.15, 0.2) is 0 Å². The van der Waals surface area contributed by atoms with E-state index in [1.54, 1.807) is 32.5 Å². The van der Waals surface area contributed by atoms with E-state index in [9.17, 15) is 4.79 Å². The van der Waals surface area contributed by atoms with Crippen LogP contribution >= 0.6 is 15.9 Å². The van der Waals surface area contributed by atoms with Crippen molar-refractivity contribution in [3.63, 3.8) is 0 Å². The zero-order valence-corrected chi connectivity index (χ0v) is 13.6. The molecule has 0 aliphatic rings. The van der Waals surface area contributed by atoms with Gasteiger partial charge in [-0.05, 0) is 41.1 Å². The van der Waals surface area contributed by atoms with Crippen LogP contribution < -0.4 is 15.4 Å². The Morgan fingerprint density at radius 3 is 2.76 bits per heavy atom. The summed E-state index contributed by atoms with van der Waals surface area (Å²) in [6, 6.07) is 7.20. The number of carbonyl (C=O) groups excluding carboxylic acids is 1. The molecule has 0 radical (unpaired) electrons. The number of benzene rings is 1. The molecule has 2 aromatic rings. The molecule has 1 amide bonds. The van der Waals surface area contributed by atoms with Crippen LogP contribution in [0.1, 0.15) is 16.1 Å². The molecule has 0 bridgehead atoms. The number of pyridine rings is 1. The molecule has 1 heterocycles. The van der Waals surface area contributed by atoms with Crippen molar-refractivity contribution < 1.29 is 9.53 Å². The minimum atomic E-state index is -0.226. The maximum absolute atomic E-state index is 12.3. The van der Waals surface area contributed by atoms with Crippen molar-refractivity contribution in [2.45, 2.75) is 6.92 Å². The molecule has 6 heteroatoms. The topological polar surface area (TPSA) is 63.2 Å². The molecule has 21 heavy (non-hydrogen) atoms. The highest BCUT2D eigenvalue weighted by Gasteiger charge is 2.13. The molecule has 0 aliphatic carbocycles.